The first-order valence-electron chi connectivity index (χ1n) is 3.10. The van der Waals surface area contributed by atoms with Gasteiger partial charge in [0.1, 0.15) is 11.5 Å². The Labute approximate surface area is 54.0 Å². The van der Waals surface area contributed by atoms with E-state index in [1.807, 2.05) is 12.1 Å². The third-order valence-electron chi connectivity index (χ3n) is 1.52. The second-order valence-corrected chi connectivity index (χ2v) is 2.47. The summed E-state index contributed by atoms with van der Waals surface area (Å²) in [5, 5.41) is 0. The molecule has 0 saturated carbocycles. The summed E-state index contributed by atoms with van der Waals surface area (Å²) < 4.78 is 5.31. The van der Waals surface area contributed by atoms with Gasteiger partial charge in [0.05, 0.1) is 0 Å². The van der Waals surface area contributed by atoms with Crippen molar-refractivity contribution in [1.29, 1.82) is 0 Å². The molecule has 46 valence electrons. The molecule has 2 heterocycles. The Balaban J connectivity index is 2.57. The number of hydrogen-bond donors (Lipinski definition) is 0. The van der Waals surface area contributed by atoms with Crippen LogP contribution in [-0.2, 0) is 6.42 Å². The maximum absolute atomic E-state index is 5.31. The van der Waals surface area contributed by atoms with Gasteiger partial charge in [0.2, 0.25) is 0 Å². The lowest BCUT2D eigenvalue weighted by Gasteiger charge is -2.01. The third-order valence-corrected chi connectivity index (χ3v) is 1.52. The molecule has 0 aromatic carbocycles. The van der Waals surface area contributed by atoms with Crippen molar-refractivity contribution in [2.24, 2.45) is 0 Å². The van der Waals surface area contributed by atoms with Crippen molar-refractivity contribution in [3.05, 3.63) is 29.2 Å². The molecule has 0 fully saturated rings. The summed E-state index contributed by atoms with van der Waals surface area (Å²) in [6.07, 6.45) is 3.06. The van der Waals surface area contributed by atoms with E-state index in [1.165, 1.54) is 5.57 Å². The van der Waals surface area contributed by atoms with Gasteiger partial charge >= 0.3 is 0 Å². The minimum atomic E-state index is 0.986. The number of fused-ring (bicyclic) bond motifs is 2. The van der Waals surface area contributed by atoms with Gasteiger partial charge < -0.3 is 4.42 Å². The molecule has 0 N–H and O–H groups in total. The van der Waals surface area contributed by atoms with E-state index in [2.05, 4.69) is 13.0 Å². The van der Waals surface area contributed by atoms with Gasteiger partial charge in [-0.05, 0) is 25.1 Å². The van der Waals surface area contributed by atoms with Crippen molar-refractivity contribution < 1.29 is 4.42 Å². The number of rotatable bonds is 0. The Morgan fingerprint density at radius 1 is 1.44 bits per heavy atom. The third kappa shape index (κ3) is 0.689. The normalized spacial score (nSPS) is 15.4. The lowest BCUT2D eigenvalue weighted by atomic mass is 10.2. The van der Waals surface area contributed by atoms with Crippen LogP contribution >= 0.6 is 0 Å². The van der Waals surface area contributed by atoms with Gasteiger partial charge in [0, 0.05) is 6.42 Å². The first kappa shape index (κ1) is 4.86. The number of allylic oxidation sites excluding steroid dienone is 1. The minimum absolute atomic E-state index is 0.986. The maximum atomic E-state index is 5.31. The van der Waals surface area contributed by atoms with Crippen LogP contribution in [0.15, 0.2) is 22.1 Å². The molecule has 1 nitrogen and oxygen atoms in total. The van der Waals surface area contributed by atoms with E-state index >= 15 is 0 Å². The molecule has 0 saturated heterocycles. The molecule has 1 aliphatic rings. The summed E-state index contributed by atoms with van der Waals surface area (Å²) in [6, 6.07) is 4.04. The molecule has 1 aromatic rings. The molecule has 2 bridgehead atoms. The van der Waals surface area contributed by atoms with Gasteiger partial charge in [0.15, 0.2) is 0 Å². The Morgan fingerprint density at radius 3 is 3.11 bits per heavy atom. The molecule has 0 amide bonds. The molecule has 0 spiro atoms. The van der Waals surface area contributed by atoms with Gasteiger partial charge in [-0.1, -0.05) is 5.57 Å². The monoisotopic (exact) mass is 120 g/mol. The highest BCUT2D eigenvalue weighted by Crippen LogP contribution is 2.20. The molecular weight excluding hydrogens is 112 g/mol. The highest BCUT2D eigenvalue weighted by molar-refractivity contribution is 5.50. The van der Waals surface area contributed by atoms with Crippen molar-refractivity contribution in [2.75, 3.05) is 0 Å². The van der Waals surface area contributed by atoms with Crippen molar-refractivity contribution in [2.45, 2.75) is 13.3 Å². The molecule has 0 unspecified atom stereocenters. The van der Waals surface area contributed by atoms with Crippen LogP contribution in [0, 0.1) is 0 Å². The van der Waals surface area contributed by atoms with Crippen molar-refractivity contribution in [1.82, 2.24) is 0 Å². The Hall–Kier alpha value is -0.980. The molecule has 2 rings (SSSR count). The summed E-state index contributed by atoms with van der Waals surface area (Å²) >= 11 is 0. The summed E-state index contributed by atoms with van der Waals surface area (Å²) in [4.78, 5) is 0. The van der Waals surface area contributed by atoms with E-state index in [0.717, 1.165) is 17.9 Å². The fourth-order valence-electron chi connectivity index (χ4n) is 1.14. The standard InChI is InChI=1S/C8H8O/c1-6-4-7-2-3-8(5-6)9-7/h2-4H,5H2,1H3. The SMILES string of the molecule is CC1=Cc2ccc(o2)C1. The lowest BCUT2D eigenvalue weighted by molar-refractivity contribution is 0.502. The highest BCUT2D eigenvalue weighted by atomic mass is 16.3. The first-order valence-corrected chi connectivity index (χ1v) is 3.10. The van der Waals surface area contributed by atoms with Crippen LogP contribution in [0.1, 0.15) is 18.4 Å². The van der Waals surface area contributed by atoms with Crippen LogP contribution in [0.2, 0.25) is 0 Å². The average Bonchev–Trinajstić information content (AvgIpc) is 2.11. The second-order valence-electron chi connectivity index (χ2n) is 2.47. The summed E-state index contributed by atoms with van der Waals surface area (Å²) in [7, 11) is 0. The van der Waals surface area contributed by atoms with Crippen LogP contribution in [0.4, 0.5) is 0 Å². The van der Waals surface area contributed by atoms with E-state index in [9.17, 15) is 0 Å². The largest absolute Gasteiger partial charge is 0.461 e. The summed E-state index contributed by atoms with van der Waals surface area (Å²) in [5.41, 5.74) is 1.39. The lowest BCUT2D eigenvalue weighted by Crippen LogP contribution is -1.86. The van der Waals surface area contributed by atoms with E-state index in [4.69, 9.17) is 4.42 Å². The summed E-state index contributed by atoms with van der Waals surface area (Å²) in [6.45, 7) is 2.12. The van der Waals surface area contributed by atoms with Crippen molar-refractivity contribution in [3.63, 3.8) is 0 Å². The van der Waals surface area contributed by atoms with E-state index in [1.54, 1.807) is 0 Å². The molecule has 1 aromatic heterocycles. The molecule has 0 atom stereocenters. The smallest absolute Gasteiger partial charge is 0.127 e. The zero-order valence-corrected chi connectivity index (χ0v) is 5.35. The van der Waals surface area contributed by atoms with Gasteiger partial charge in [-0.3, -0.25) is 0 Å². The number of hydrogen-bond acceptors (Lipinski definition) is 1. The molecule has 1 aliphatic heterocycles. The first-order chi connectivity index (χ1) is 4.34. The fraction of sp³-hybridized carbons (Fsp3) is 0.250. The zero-order chi connectivity index (χ0) is 6.27. The van der Waals surface area contributed by atoms with E-state index in [-0.39, 0.29) is 0 Å². The average molecular weight is 120 g/mol. The van der Waals surface area contributed by atoms with Gasteiger partial charge in [0.25, 0.3) is 0 Å². The number of furan rings is 1. The molecule has 0 radical (unpaired) electrons. The molecule has 9 heavy (non-hydrogen) atoms. The van der Waals surface area contributed by atoms with Crippen molar-refractivity contribution in [3.8, 4) is 0 Å². The zero-order valence-electron chi connectivity index (χ0n) is 5.35. The predicted molar refractivity (Wildman–Crippen MR) is 36.1 cm³/mol. The van der Waals surface area contributed by atoms with Crippen LogP contribution < -0.4 is 0 Å². The fourth-order valence-corrected chi connectivity index (χ4v) is 1.14. The van der Waals surface area contributed by atoms with Gasteiger partial charge in [-0.15, -0.1) is 0 Å². The van der Waals surface area contributed by atoms with Crippen molar-refractivity contribution >= 4 is 6.08 Å². The van der Waals surface area contributed by atoms with E-state index in [0.29, 0.717) is 0 Å². The summed E-state index contributed by atoms with van der Waals surface area (Å²) in [5.74, 6) is 2.08. The van der Waals surface area contributed by atoms with Gasteiger partial charge in [-0.25, -0.2) is 0 Å². The highest BCUT2D eigenvalue weighted by Gasteiger charge is 2.06. The van der Waals surface area contributed by atoms with Crippen LogP contribution in [0.25, 0.3) is 6.08 Å². The second kappa shape index (κ2) is 1.50. The Morgan fingerprint density at radius 2 is 2.33 bits per heavy atom. The van der Waals surface area contributed by atoms with Gasteiger partial charge in [-0.2, -0.15) is 0 Å². The van der Waals surface area contributed by atoms with Crippen LogP contribution in [0.3, 0.4) is 0 Å². The minimum Gasteiger partial charge on any atom is -0.461 e. The Kier molecular flexibility index (Phi) is 0.810. The predicted octanol–water partition coefficient (Wildman–Crippen LogP) is 2.24. The van der Waals surface area contributed by atoms with E-state index < -0.39 is 0 Å². The maximum Gasteiger partial charge on any atom is 0.127 e. The van der Waals surface area contributed by atoms with Crippen LogP contribution in [0.5, 0.6) is 0 Å². The van der Waals surface area contributed by atoms with Crippen LogP contribution in [-0.4, -0.2) is 0 Å². The topological polar surface area (TPSA) is 13.1 Å². The molecular formula is C8H8O. The molecule has 1 heteroatoms. The Bertz CT molecular complexity index is 255. The quantitative estimate of drug-likeness (QED) is 0.511. The molecule has 0 aliphatic carbocycles.